The van der Waals surface area contributed by atoms with E-state index in [1.54, 1.807) is 22.6 Å². The topological polar surface area (TPSA) is 70.4 Å². The Morgan fingerprint density at radius 2 is 1.81 bits per heavy atom. The molecule has 5 nitrogen and oxygen atoms in total. The highest BCUT2D eigenvalue weighted by molar-refractivity contribution is 7.97. The molecule has 1 aromatic heterocycles. The van der Waals surface area contributed by atoms with E-state index in [1.807, 2.05) is 30.5 Å². The number of aromatic nitrogens is 1. The van der Waals surface area contributed by atoms with Gasteiger partial charge in [-0.15, -0.1) is 0 Å². The van der Waals surface area contributed by atoms with Crippen molar-refractivity contribution in [2.75, 3.05) is 13.1 Å². The second-order valence-corrected chi connectivity index (χ2v) is 7.58. The summed E-state index contributed by atoms with van der Waals surface area (Å²) in [7, 11) is 0. The third kappa shape index (κ3) is 5.22. The monoisotopic (exact) mass is 371 g/mol. The van der Waals surface area contributed by atoms with Crippen LogP contribution in [0.15, 0.2) is 58.5 Å². The van der Waals surface area contributed by atoms with E-state index in [4.69, 9.17) is 16.1 Å². The molecule has 3 N–H and O–H groups in total. The molecule has 0 radical (unpaired) electrons. The Kier molecular flexibility index (Phi) is 7.48. The maximum atomic E-state index is 8.21. The predicted molar refractivity (Wildman–Crippen MR) is 110 cm³/mol. The van der Waals surface area contributed by atoms with Crippen molar-refractivity contribution in [3.8, 4) is 0 Å². The first-order chi connectivity index (χ1) is 12.5. The zero-order chi connectivity index (χ0) is 19.1. The summed E-state index contributed by atoms with van der Waals surface area (Å²) in [5.74, 6) is 0.651. The Morgan fingerprint density at radius 3 is 2.38 bits per heavy atom. The number of aliphatic imine (C=N–C) groups is 1. The van der Waals surface area contributed by atoms with Crippen molar-refractivity contribution in [3.05, 3.63) is 59.7 Å². The summed E-state index contributed by atoms with van der Waals surface area (Å²) >= 11 is 1.67. The van der Waals surface area contributed by atoms with Gasteiger partial charge >= 0.3 is 0 Å². The molecule has 0 aliphatic heterocycles. The molecule has 0 bridgehead atoms. The zero-order valence-corrected chi connectivity index (χ0v) is 16.8. The van der Waals surface area contributed by atoms with Crippen LogP contribution < -0.4 is 11.2 Å². The Morgan fingerprint density at radius 1 is 1.15 bits per heavy atom. The molecule has 1 heterocycles. The smallest absolute Gasteiger partial charge is 0.201 e. The number of rotatable bonds is 7. The lowest BCUT2D eigenvalue weighted by molar-refractivity contribution is 0.514. The van der Waals surface area contributed by atoms with E-state index in [0.29, 0.717) is 17.4 Å². The minimum Gasteiger partial charge on any atom is -0.369 e. The van der Waals surface area contributed by atoms with Crippen molar-refractivity contribution in [1.29, 1.82) is 5.41 Å². The van der Waals surface area contributed by atoms with Crippen LogP contribution in [-0.2, 0) is 0 Å². The first-order valence-corrected chi connectivity index (χ1v) is 9.82. The van der Waals surface area contributed by atoms with Gasteiger partial charge in [0, 0.05) is 24.2 Å². The van der Waals surface area contributed by atoms with Gasteiger partial charge in [-0.05, 0) is 35.6 Å². The average molecular weight is 372 g/mol. The first kappa shape index (κ1) is 20.3. The maximum Gasteiger partial charge on any atom is 0.201 e. The molecule has 6 heteroatoms. The van der Waals surface area contributed by atoms with Gasteiger partial charge < -0.3 is 5.73 Å². The Balaban J connectivity index is 2.36. The van der Waals surface area contributed by atoms with Gasteiger partial charge in [0.25, 0.3) is 0 Å². The molecule has 1 atom stereocenters. The molecule has 0 spiro atoms. The maximum absolute atomic E-state index is 8.21. The molecule has 140 valence electrons. The number of hydrogen-bond donors (Lipinski definition) is 2. The number of nitrogens with two attached hydrogens (primary N) is 1. The summed E-state index contributed by atoms with van der Waals surface area (Å²) in [5, 5.41) is 8.21. The normalized spacial score (nSPS) is 13.4. The highest BCUT2D eigenvalue weighted by Crippen LogP contribution is 2.26. The molecule has 2 aromatic rings. The van der Waals surface area contributed by atoms with E-state index in [1.165, 1.54) is 0 Å². The summed E-state index contributed by atoms with van der Waals surface area (Å²) < 4.78 is 3.90. The van der Waals surface area contributed by atoms with E-state index < -0.39 is 0 Å². The first-order valence-electron chi connectivity index (χ1n) is 9.05. The summed E-state index contributed by atoms with van der Waals surface area (Å²) in [6.07, 6.45) is 1.90. The fraction of sp³-hybridized carbons (Fsp3) is 0.400. The van der Waals surface area contributed by atoms with E-state index in [2.05, 4.69) is 44.1 Å². The van der Waals surface area contributed by atoms with E-state index >= 15 is 0 Å². The Hall–Kier alpha value is -2.05. The van der Waals surface area contributed by atoms with Gasteiger partial charge in [0.2, 0.25) is 5.96 Å². The minimum absolute atomic E-state index is 0.0396. The molecule has 1 unspecified atom stereocenters. The molecule has 0 fully saturated rings. The van der Waals surface area contributed by atoms with Gasteiger partial charge in [-0.3, -0.25) is 9.98 Å². The van der Waals surface area contributed by atoms with E-state index in [0.717, 1.165) is 23.5 Å². The second kappa shape index (κ2) is 9.59. The van der Waals surface area contributed by atoms with Crippen molar-refractivity contribution in [2.45, 2.75) is 38.6 Å². The summed E-state index contributed by atoms with van der Waals surface area (Å²) in [6, 6.07) is 13.8. The summed E-state index contributed by atoms with van der Waals surface area (Å²) in [5.41, 5.74) is 7.76. The molecular weight excluding hydrogens is 342 g/mol. The molecule has 2 rings (SSSR count). The third-order valence-electron chi connectivity index (χ3n) is 4.15. The lowest BCUT2D eigenvalue weighted by Crippen LogP contribution is -2.33. The van der Waals surface area contributed by atoms with Crippen LogP contribution >= 0.6 is 11.9 Å². The van der Waals surface area contributed by atoms with Crippen molar-refractivity contribution in [3.63, 3.8) is 0 Å². The highest BCUT2D eigenvalue weighted by atomic mass is 32.2. The molecule has 0 aliphatic rings. The average Bonchev–Trinajstić information content (AvgIpc) is 2.65. The quantitative estimate of drug-likeness (QED) is 0.441. The van der Waals surface area contributed by atoms with Gasteiger partial charge in [0.05, 0.1) is 6.04 Å². The lowest BCUT2D eigenvalue weighted by Gasteiger charge is -2.20. The minimum atomic E-state index is -0.0396. The number of nitrogens with zero attached hydrogens (tertiary/aromatic N) is 3. The molecule has 26 heavy (non-hydrogen) atoms. The van der Waals surface area contributed by atoms with Crippen LogP contribution in [0.1, 0.15) is 39.3 Å². The molecule has 1 aromatic carbocycles. The van der Waals surface area contributed by atoms with Crippen molar-refractivity contribution < 1.29 is 0 Å². The number of pyridine rings is 1. The van der Waals surface area contributed by atoms with Gasteiger partial charge in [-0.2, -0.15) is 0 Å². The Bertz CT molecular complexity index is 778. The number of hydrogen-bond acceptors (Lipinski definition) is 4. The van der Waals surface area contributed by atoms with Crippen LogP contribution in [-0.4, -0.2) is 27.9 Å². The van der Waals surface area contributed by atoms with Crippen molar-refractivity contribution in [1.82, 2.24) is 8.87 Å². The number of benzene rings is 1. The van der Waals surface area contributed by atoms with Crippen LogP contribution in [0.3, 0.4) is 0 Å². The highest BCUT2D eigenvalue weighted by Gasteiger charge is 2.15. The third-order valence-corrected chi connectivity index (χ3v) is 5.38. The van der Waals surface area contributed by atoms with E-state index in [-0.39, 0.29) is 6.04 Å². The molecule has 0 saturated heterocycles. The van der Waals surface area contributed by atoms with Crippen molar-refractivity contribution in [2.24, 2.45) is 16.6 Å². The second-order valence-electron chi connectivity index (χ2n) is 6.41. The largest absolute Gasteiger partial charge is 0.369 e. The van der Waals surface area contributed by atoms with Gasteiger partial charge in [0.15, 0.2) is 0 Å². The van der Waals surface area contributed by atoms with Crippen molar-refractivity contribution >= 4 is 17.9 Å². The van der Waals surface area contributed by atoms with Gasteiger partial charge in [-0.1, -0.05) is 58.0 Å². The van der Waals surface area contributed by atoms with Crippen LogP contribution in [0.2, 0.25) is 0 Å². The van der Waals surface area contributed by atoms with Crippen LogP contribution in [0.25, 0.3) is 0 Å². The lowest BCUT2D eigenvalue weighted by atomic mass is 9.97. The van der Waals surface area contributed by atoms with E-state index in [9.17, 15) is 0 Å². The molecule has 0 amide bonds. The molecular formula is C20H29N5S. The molecule has 0 aliphatic carbocycles. The fourth-order valence-corrected chi connectivity index (χ4v) is 3.53. The summed E-state index contributed by atoms with van der Waals surface area (Å²) in [4.78, 5) is 5.80. The van der Waals surface area contributed by atoms with Gasteiger partial charge in [0.1, 0.15) is 5.49 Å². The fourth-order valence-electron chi connectivity index (χ4n) is 2.69. The predicted octanol–water partition coefficient (Wildman–Crippen LogP) is 3.88. The van der Waals surface area contributed by atoms with Crippen LogP contribution in [0.4, 0.5) is 0 Å². The molecule has 0 saturated carbocycles. The Labute approximate surface area is 160 Å². The number of nitrogens with one attached hydrogen (secondary N) is 1. The van der Waals surface area contributed by atoms with Crippen LogP contribution in [0, 0.1) is 11.3 Å². The van der Waals surface area contributed by atoms with Gasteiger partial charge in [-0.25, -0.2) is 9.30 Å². The summed E-state index contributed by atoms with van der Waals surface area (Å²) in [6.45, 7) is 10.4. The van der Waals surface area contributed by atoms with Crippen LogP contribution in [0.5, 0.6) is 0 Å². The standard InChI is InChI=1S/C20H29N5S/c1-5-24(6-2)26-17-12-13-18(21)25(14-17)20(22)23-19(15(3)4)16-10-8-7-9-11-16/h7-15,19,21H,5-6H2,1-4H3,(H2,22,23). The SMILES string of the molecule is CCN(CC)Sc1ccc(=N)n(C(N)=NC(c2ccccc2)C(C)C)c1. The zero-order valence-electron chi connectivity index (χ0n) is 16.0.